The number of nitrogens with zero attached hydrogens (tertiary/aromatic N) is 2. The van der Waals surface area contributed by atoms with E-state index in [0.717, 1.165) is 22.9 Å². The van der Waals surface area contributed by atoms with E-state index in [1.807, 2.05) is 38.2 Å². The van der Waals surface area contributed by atoms with Gasteiger partial charge in [-0.1, -0.05) is 26.0 Å². The molecule has 0 bridgehead atoms. The first-order chi connectivity index (χ1) is 9.54. The lowest BCUT2D eigenvalue weighted by Gasteiger charge is -2.12. The standard InChI is InChI=1S/C15H22N4O/c1-5-20-12-9-7-6-8-11(12)17-15-13(16)14(10(2)3)18-19(15)4/h6-10,17H,5,16H2,1-4H3. The summed E-state index contributed by atoms with van der Waals surface area (Å²) in [4.78, 5) is 0. The Hall–Kier alpha value is -2.17. The molecular formula is C15H22N4O. The molecule has 2 aromatic rings. The lowest BCUT2D eigenvalue weighted by atomic mass is 10.1. The zero-order chi connectivity index (χ0) is 14.7. The van der Waals surface area contributed by atoms with Gasteiger partial charge in [-0.05, 0) is 25.0 Å². The van der Waals surface area contributed by atoms with Crippen LogP contribution in [0.4, 0.5) is 17.2 Å². The molecule has 0 atom stereocenters. The van der Waals surface area contributed by atoms with Crippen LogP contribution in [-0.4, -0.2) is 16.4 Å². The molecule has 0 spiro atoms. The molecule has 1 aromatic heterocycles. The van der Waals surface area contributed by atoms with Gasteiger partial charge >= 0.3 is 0 Å². The summed E-state index contributed by atoms with van der Waals surface area (Å²) in [6, 6.07) is 7.80. The largest absolute Gasteiger partial charge is 0.492 e. The number of hydrogen-bond donors (Lipinski definition) is 2. The van der Waals surface area contributed by atoms with Crippen LogP contribution in [0.5, 0.6) is 5.75 Å². The van der Waals surface area contributed by atoms with Gasteiger partial charge in [0.15, 0.2) is 5.82 Å². The van der Waals surface area contributed by atoms with Gasteiger partial charge in [-0.2, -0.15) is 5.10 Å². The number of aromatic nitrogens is 2. The molecule has 0 amide bonds. The number of anilines is 3. The molecule has 0 aliphatic heterocycles. The Labute approximate surface area is 119 Å². The second-order valence-electron chi connectivity index (χ2n) is 4.98. The lowest BCUT2D eigenvalue weighted by molar-refractivity contribution is 0.342. The molecule has 5 heteroatoms. The van der Waals surface area contributed by atoms with Gasteiger partial charge in [-0.15, -0.1) is 0 Å². The van der Waals surface area contributed by atoms with Crippen molar-refractivity contribution >= 4 is 17.2 Å². The van der Waals surface area contributed by atoms with Crippen molar-refractivity contribution in [2.45, 2.75) is 26.7 Å². The molecule has 0 saturated carbocycles. The molecule has 0 unspecified atom stereocenters. The summed E-state index contributed by atoms with van der Waals surface area (Å²) in [5.41, 5.74) is 8.67. The molecule has 108 valence electrons. The summed E-state index contributed by atoms with van der Waals surface area (Å²) in [6.45, 7) is 6.75. The summed E-state index contributed by atoms with van der Waals surface area (Å²) in [5, 5.41) is 7.79. The highest BCUT2D eigenvalue weighted by atomic mass is 16.5. The van der Waals surface area contributed by atoms with Crippen molar-refractivity contribution in [3.05, 3.63) is 30.0 Å². The monoisotopic (exact) mass is 274 g/mol. The van der Waals surface area contributed by atoms with Gasteiger partial charge in [0.05, 0.1) is 23.7 Å². The average Bonchev–Trinajstić information content (AvgIpc) is 2.69. The van der Waals surface area contributed by atoms with E-state index in [1.165, 1.54) is 0 Å². The van der Waals surface area contributed by atoms with Gasteiger partial charge in [-0.25, -0.2) is 0 Å². The Morgan fingerprint density at radius 1 is 1.35 bits per heavy atom. The minimum absolute atomic E-state index is 0.291. The maximum Gasteiger partial charge on any atom is 0.152 e. The van der Waals surface area contributed by atoms with Crippen LogP contribution in [0.1, 0.15) is 32.4 Å². The Morgan fingerprint density at radius 3 is 2.65 bits per heavy atom. The van der Waals surface area contributed by atoms with E-state index in [9.17, 15) is 0 Å². The van der Waals surface area contributed by atoms with Crippen molar-refractivity contribution in [2.75, 3.05) is 17.7 Å². The molecule has 0 saturated heterocycles. The van der Waals surface area contributed by atoms with E-state index in [2.05, 4.69) is 24.3 Å². The van der Waals surface area contributed by atoms with E-state index in [1.54, 1.807) is 4.68 Å². The van der Waals surface area contributed by atoms with Crippen LogP contribution < -0.4 is 15.8 Å². The first-order valence-electron chi connectivity index (χ1n) is 6.85. The van der Waals surface area contributed by atoms with Crippen LogP contribution in [0.2, 0.25) is 0 Å². The van der Waals surface area contributed by atoms with Gasteiger partial charge < -0.3 is 15.8 Å². The van der Waals surface area contributed by atoms with Crippen molar-refractivity contribution in [3.63, 3.8) is 0 Å². The van der Waals surface area contributed by atoms with Gasteiger partial charge in [0, 0.05) is 7.05 Å². The molecule has 0 aliphatic carbocycles. The number of rotatable bonds is 5. The normalized spacial score (nSPS) is 10.8. The van der Waals surface area contributed by atoms with E-state index in [4.69, 9.17) is 10.5 Å². The Bertz CT molecular complexity index is 590. The van der Waals surface area contributed by atoms with Crippen LogP contribution in [-0.2, 0) is 7.05 Å². The van der Waals surface area contributed by atoms with Gasteiger partial charge in [0.25, 0.3) is 0 Å². The molecule has 0 aliphatic rings. The number of nitrogen functional groups attached to an aromatic ring is 1. The number of nitrogens with two attached hydrogens (primary N) is 1. The van der Waals surface area contributed by atoms with Gasteiger partial charge in [-0.3, -0.25) is 4.68 Å². The van der Waals surface area contributed by atoms with Crippen molar-refractivity contribution < 1.29 is 4.74 Å². The topological polar surface area (TPSA) is 65.1 Å². The molecule has 2 rings (SSSR count). The highest BCUT2D eigenvalue weighted by Gasteiger charge is 2.16. The third-order valence-electron chi connectivity index (χ3n) is 3.10. The molecule has 1 heterocycles. The van der Waals surface area contributed by atoms with Crippen LogP contribution in [0.3, 0.4) is 0 Å². The SMILES string of the molecule is CCOc1ccccc1Nc1c(N)c(C(C)C)nn1C. The number of ether oxygens (including phenoxy) is 1. The summed E-state index contributed by atoms with van der Waals surface area (Å²) in [7, 11) is 1.88. The second-order valence-corrected chi connectivity index (χ2v) is 4.98. The van der Waals surface area contributed by atoms with E-state index >= 15 is 0 Å². The highest BCUT2D eigenvalue weighted by Crippen LogP contribution is 2.33. The van der Waals surface area contributed by atoms with E-state index in [0.29, 0.717) is 18.2 Å². The lowest BCUT2D eigenvalue weighted by Crippen LogP contribution is -2.03. The Morgan fingerprint density at radius 2 is 2.05 bits per heavy atom. The third kappa shape index (κ3) is 2.71. The van der Waals surface area contributed by atoms with Crippen LogP contribution >= 0.6 is 0 Å². The molecule has 20 heavy (non-hydrogen) atoms. The Balaban J connectivity index is 2.35. The molecule has 3 N–H and O–H groups in total. The summed E-state index contributed by atoms with van der Waals surface area (Å²) >= 11 is 0. The quantitative estimate of drug-likeness (QED) is 0.878. The van der Waals surface area contributed by atoms with Crippen LogP contribution in [0.25, 0.3) is 0 Å². The maximum atomic E-state index is 6.19. The Kier molecular flexibility index (Phi) is 4.17. The maximum absolute atomic E-state index is 6.19. The van der Waals surface area contributed by atoms with Gasteiger partial charge in [0.1, 0.15) is 5.75 Å². The number of hydrogen-bond acceptors (Lipinski definition) is 4. The first-order valence-corrected chi connectivity index (χ1v) is 6.85. The smallest absolute Gasteiger partial charge is 0.152 e. The average molecular weight is 274 g/mol. The highest BCUT2D eigenvalue weighted by molar-refractivity contribution is 5.74. The first kappa shape index (κ1) is 14.2. The zero-order valence-corrected chi connectivity index (χ0v) is 12.5. The molecule has 0 radical (unpaired) electrons. The zero-order valence-electron chi connectivity index (χ0n) is 12.5. The van der Waals surface area contributed by atoms with Crippen molar-refractivity contribution in [3.8, 4) is 5.75 Å². The van der Waals surface area contributed by atoms with Crippen molar-refractivity contribution in [1.82, 2.24) is 9.78 Å². The van der Waals surface area contributed by atoms with E-state index < -0.39 is 0 Å². The molecule has 0 fully saturated rings. The van der Waals surface area contributed by atoms with Crippen molar-refractivity contribution in [2.24, 2.45) is 7.05 Å². The van der Waals surface area contributed by atoms with Crippen LogP contribution in [0, 0.1) is 0 Å². The fourth-order valence-electron chi connectivity index (χ4n) is 2.11. The minimum Gasteiger partial charge on any atom is -0.492 e. The summed E-state index contributed by atoms with van der Waals surface area (Å²) in [6.07, 6.45) is 0. The predicted molar refractivity (Wildman–Crippen MR) is 82.6 cm³/mol. The third-order valence-corrected chi connectivity index (χ3v) is 3.10. The summed E-state index contributed by atoms with van der Waals surface area (Å²) < 4.78 is 7.38. The van der Waals surface area contributed by atoms with Crippen LogP contribution in [0.15, 0.2) is 24.3 Å². The minimum atomic E-state index is 0.291. The number of para-hydroxylation sites is 2. The fourth-order valence-corrected chi connectivity index (χ4v) is 2.11. The number of benzene rings is 1. The number of nitrogens with one attached hydrogen (secondary N) is 1. The molecular weight excluding hydrogens is 252 g/mol. The molecule has 5 nitrogen and oxygen atoms in total. The molecule has 1 aromatic carbocycles. The van der Waals surface area contributed by atoms with Gasteiger partial charge in [0.2, 0.25) is 0 Å². The van der Waals surface area contributed by atoms with Crippen molar-refractivity contribution in [1.29, 1.82) is 0 Å². The predicted octanol–water partition coefficient (Wildman–Crippen LogP) is 3.27. The summed E-state index contributed by atoms with van der Waals surface area (Å²) in [5.74, 6) is 1.89. The number of aryl methyl sites for hydroxylation is 1. The fraction of sp³-hybridized carbons (Fsp3) is 0.400. The van der Waals surface area contributed by atoms with E-state index in [-0.39, 0.29) is 0 Å². The second kappa shape index (κ2) is 5.86.